The Balaban J connectivity index is 1.14. The van der Waals surface area contributed by atoms with Crippen LogP contribution in [0.1, 0.15) is 69.8 Å². The van der Waals surface area contributed by atoms with Crippen LogP contribution in [-0.2, 0) is 36.5 Å². The molecular formula is C35H35N3O4. The van der Waals surface area contributed by atoms with Crippen LogP contribution in [0.4, 0.5) is 0 Å². The largest absolute Gasteiger partial charge is 0.504 e. The molecule has 7 nitrogen and oxygen atoms in total. The second-order valence-corrected chi connectivity index (χ2v) is 14.7. The summed E-state index contributed by atoms with van der Waals surface area (Å²) in [5.41, 5.74) is 9.61. The molecule has 2 N–H and O–H groups in total. The van der Waals surface area contributed by atoms with E-state index in [0.29, 0.717) is 35.4 Å². The fourth-order valence-corrected chi connectivity index (χ4v) is 11.7. The number of nitrogens with zero attached hydrogens (tertiary/aromatic N) is 3. The quantitative estimate of drug-likeness (QED) is 0.428. The molecule has 2 spiro atoms. The zero-order chi connectivity index (χ0) is 27.9. The molecule has 4 aliphatic carbocycles. The minimum Gasteiger partial charge on any atom is -0.504 e. The summed E-state index contributed by atoms with van der Waals surface area (Å²) in [5, 5.41) is 22.0. The Hall–Kier alpha value is -3.29. The summed E-state index contributed by atoms with van der Waals surface area (Å²) in [6, 6.07) is 11.3. The molecule has 7 heteroatoms. The van der Waals surface area contributed by atoms with Gasteiger partial charge in [-0.15, -0.1) is 0 Å². The van der Waals surface area contributed by atoms with Crippen molar-refractivity contribution >= 4 is 0 Å². The predicted molar refractivity (Wildman–Crippen MR) is 154 cm³/mol. The van der Waals surface area contributed by atoms with Gasteiger partial charge in [0.2, 0.25) is 0 Å². The molecule has 2 saturated heterocycles. The van der Waals surface area contributed by atoms with Gasteiger partial charge < -0.3 is 29.5 Å². The van der Waals surface area contributed by atoms with Crippen LogP contribution in [0.3, 0.4) is 0 Å². The van der Waals surface area contributed by atoms with E-state index in [1.54, 1.807) is 0 Å². The minimum absolute atomic E-state index is 0.156. The molecule has 0 unspecified atom stereocenters. The summed E-state index contributed by atoms with van der Waals surface area (Å²) in [4.78, 5) is 10.7. The predicted octanol–water partition coefficient (Wildman–Crippen LogP) is 4.10. The average Bonchev–Trinajstić information content (AvgIpc) is 3.52. The Morgan fingerprint density at radius 2 is 1.17 bits per heavy atom. The topological polar surface area (TPSA) is 78.3 Å². The maximum atomic E-state index is 11.0. The Morgan fingerprint density at radius 3 is 1.64 bits per heavy atom. The van der Waals surface area contributed by atoms with Crippen molar-refractivity contribution in [2.45, 2.75) is 73.6 Å². The highest BCUT2D eigenvalue weighted by Gasteiger charge is 2.67. The lowest BCUT2D eigenvalue weighted by molar-refractivity contribution is -0.0321. The van der Waals surface area contributed by atoms with Gasteiger partial charge in [-0.1, -0.05) is 18.2 Å². The number of ether oxygens (including phenoxy) is 2. The van der Waals surface area contributed by atoms with Crippen LogP contribution in [0.25, 0.3) is 0 Å². The third kappa shape index (κ3) is 2.30. The molecule has 0 radical (unpaired) electrons. The number of hydrogen-bond donors (Lipinski definition) is 2. The maximum absolute atomic E-state index is 11.0. The molecule has 214 valence electrons. The number of likely N-dealkylation sites (tertiary alicyclic amines) is 2. The van der Waals surface area contributed by atoms with Crippen LogP contribution < -0.4 is 9.47 Å². The third-order valence-corrected chi connectivity index (χ3v) is 13.4. The van der Waals surface area contributed by atoms with E-state index in [9.17, 15) is 10.2 Å². The molecule has 3 aromatic rings. The van der Waals surface area contributed by atoms with Gasteiger partial charge in [0.25, 0.3) is 0 Å². The Morgan fingerprint density at radius 1 is 0.690 bits per heavy atom. The van der Waals surface area contributed by atoms with Gasteiger partial charge in [-0.3, -0.25) is 0 Å². The molecule has 1 aromatic heterocycles. The highest BCUT2D eigenvalue weighted by atomic mass is 16.5. The number of piperidine rings is 2. The third-order valence-electron chi connectivity index (χ3n) is 13.4. The van der Waals surface area contributed by atoms with E-state index in [0.717, 1.165) is 63.0 Å². The minimum atomic E-state index is -0.199. The van der Waals surface area contributed by atoms with E-state index in [1.165, 1.54) is 33.4 Å². The number of likely N-dealkylation sites (N-methyl/N-ethyl adjacent to an activating group) is 2. The first-order valence-corrected chi connectivity index (χ1v) is 15.9. The Kier molecular flexibility index (Phi) is 3.91. The molecule has 8 aliphatic rings. The summed E-state index contributed by atoms with van der Waals surface area (Å²) in [5.74, 6) is 2.78. The van der Waals surface area contributed by atoms with Gasteiger partial charge >= 0.3 is 0 Å². The SMILES string of the molecule is CN1CC[C@]23c4c5ccc(O)c4O[C@H]2c2nc4c(cc2C[C@H]3[C@H]1C5)C[C@H]1[C@H]2Cc3ccc(O)c5c3[C@@]1(CCN2C)[C@H]4O5. The molecule has 2 aromatic carbocycles. The van der Waals surface area contributed by atoms with Gasteiger partial charge in [0, 0.05) is 34.0 Å². The summed E-state index contributed by atoms with van der Waals surface area (Å²) >= 11 is 0. The van der Waals surface area contributed by atoms with E-state index in [-0.39, 0.29) is 34.5 Å². The van der Waals surface area contributed by atoms with E-state index in [2.05, 4.69) is 42.1 Å². The molecule has 5 heterocycles. The molecule has 11 rings (SSSR count). The molecule has 2 fully saturated rings. The number of aromatic nitrogens is 1. The van der Waals surface area contributed by atoms with Crippen molar-refractivity contribution in [3.63, 3.8) is 0 Å². The Bertz CT molecular complexity index is 1660. The zero-order valence-electron chi connectivity index (χ0n) is 24.1. The summed E-state index contributed by atoms with van der Waals surface area (Å²) in [6.45, 7) is 2.05. The fourth-order valence-electron chi connectivity index (χ4n) is 11.7. The number of benzene rings is 2. The van der Waals surface area contributed by atoms with Gasteiger partial charge in [0.15, 0.2) is 35.2 Å². The summed E-state index contributed by atoms with van der Waals surface area (Å²) in [6.07, 6.45) is 5.63. The number of phenolic OH excluding ortho intramolecular Hbond substituents is 2. The van der Waals surface area contributed by atoms with Crippen LogP contribution >= 0.6 is 0 Å². The second-order valence-electron chi connectivity index (χ2n) is 14.7. The first-order valence-electron chi connectivity index (χ1n) is 15.9. The number of hydrogen-bond acceptors (Lipinski definition) is 7. The normalized spacial score (nSPS) is 39.0. The van der Waals surface area contributed by atoms with Gasteiger partial charge in [-0.25, -0.2) is 4.98 Å². The first-order chi connectivity index (χ1) is 20.4. The van der Waals surface area contributed by atoms with Crippen LogP contribution in [0.2, 0.25) is 0 Å². The lowest BCUT2D eigenvalue weighted by Gasteiger charge is -2.58. The van der Waals surface area contributed by atoms with Crippen molar-refractivity contribution < 1.29 is 19.7 Å². The molecule has 8 atom stereocenters. The first kappa shape index (κ1) is 23.2. The van der Waals surface area contributed by atoms with Crippen molar-refractivity contribution in [2.24, 2.45) is 11.8 Å². The molecule has 42 heavy (non-hydrogen) atoms. The maximum Gasteiger partial charge on any atom is 0.166 e. The molecule has 0 saturated carbocycles. The fraction of sp³-hybridized carbons (Fsp3) is 0.514. The zero-order valence-corrected chi connectivity index (χ0v) is 24.1. The number of phenols is 2. The lowest BCUT2D eigenvalue weighted by atomic mass is 9.50. The second kappa shape index (κ2) is 7.08. The van der Waals surface area contributed by atoms with E-state index in [4.69, 9.17) is 14.5 Å². The van der Waals surface area contributed by atoms with Gasteiger partial charge in [0.1, 0.15) is 0 Å². The standard InChI is InChI=1S/C35H35N3O4/c1-37-9-7-34-20-12-18-11-19-13-21-23-15-17-4-6-25(40)31-27(17)35(21,8-10-38(23)2)33(42-31)29(19)36-28(18)32(34)41-30-24(39)5-3-16(26(30)34)14-22(20)37/h3-6,11,20-23,32-33,39-40H,7-10,12-15H2,1-2H3/t20-,21-,22+,23+,32-,33-,34-,35-/m0/s1. The van der Waals surface area contributed by atoms with Gasteiger partial charge in [0.05, 0.1) is 11.4 Å². The molecular weight excluding hydrogens is 526 g/mol. The van der Waals surface area contributed by atoms with Crippen molar-refractivity contribution in [3.05, 3.63) is 75.1 Å². The van der Waals surface area contributed by atoms with Gasteiger partial charge in [-0.2, -0.15) is 0 Å². The number of pyridine rings is 1. The molecule has 4 bridgehead atoms. The number of rotatable bonds is 0. The molecule has 4 aliphatic heterocycles. The number of fused-ring (bicyclic) bond motifs is 4. The van der Waals surface area contributed by atoms with E-state index < -0.39 is 0 Å². The highest BCUT2D eigenvalue weighted by molar-refractivity contribution is 5.65. The van der Waals surface area contributed by atoms with Crippen molar-refractivity contribution in [1.29, 1.82) is 0 Å². The van der Waals surface area contributed by atoms with Crippen molar-refractivity contribution in [3.8, 4) is 23.0 Å². The Labute approximate surface area is 245 Å². The van der Waals surface area contributed by atoms with Crippen LogP contribution in [0, 0.1) is 11.8 Å². The van der Waals surface area contributed by atoms with Crippen LogP contribution in [0.5, 0.6) is 23.0 Å². The van der Waals surface area contributed by atoms with Crippen molar-refractivity contribution in [2.75, 3.05) is 27.2 Å². The van der Waals surface area contributed by atoms with Gasteiger partial charge in [-0.05, 0) is 112 Å². The molecule has 0 amide bonds. The van der Waals surface area contributed by atoms with Crippen molar-refractivity contribution in [1.82, 2.24) is 14.8 Å². The van der Waals surface area contributed by atoms with Crippen LogP contribution in [-0.4, -0.2) is 64.3 Å². The average molecular weight is 562 g/mol. The van der Waals surface area contributed by atoms with E-state index >= 15 is 0 Å². The van der Waals surface area contributed by atoms with Crippen LogP contribution in [0.15, 0.2) is 30.3 Å². The number of aromatic hydroxyl groups is 2. The monoisotopic (exact) mass is 561 g/mol. The lowest BCUT2D eigenvalue weighted by Crippen LogP contribution is -2.63. The smallest absolute Gasteiger partial charge is 0.166 e. The van der Waals surface area contributed by atoms with E-state index in [1.807, 2.05) is 12.1 Å². The summed E-state index contributed by atoms with van der Waals surface area (Å²) < 4.78 is 13.8. The summed E-state index contributed by atoms with van der Waals surface area (Å²) in [7, 11) is 4.57. The highest BCUT2D eigenvalue weighted by Crippen LogP contribution is 2.69.